The minimum atomic E-state index is -0.728. The summed E-state index contributed by atoms with van der Waals surface area (Å²) < 4.78 is 6.46. The molecule has 3 saturated carbocycles. The summed E-state index contributed by atoms with van der Waals surface area (Å²) in [4.78, 5) is 17.8. The fourth-order valence-electron chi connectivity index (χ4n) is 7.15. The average molecular weight is 370 g/mol. The number of hydrogen-bond donors (Lipinski definition) is 0. The predicted molar refractivity (Wildman–Crippen MR) is 107 cm³/mol. The molecule has 0 radical (unpaired) electrons. The van der Waals surface area contributed by atoms with Gasteiger partial charge in [-0.05, 0) is 88.2 Å². The van der Waals surface area contributed by atoms with E-state index in [1.54, 1.807) is 6.20 Å². The molecule has 148 valence electrons. The summed E-state index contributed by atoms with van der Waals surface area (Å²) in [5.74, 6) is 2.06. The van der Waals surface area contributed by atoms with E-state index in [1.807, 2.05) is 32.0 Å². The molecule has 4 rings (SSSR count). The Labute approximate surface area is 164 Å². The molecule has 3 fully saturated rings. The summed E-state index contributed by atoms with van der Waals surface area (Å²) in [7, 11) is 0. The molecule has 0 amide bonds. The van der Waals surface area contributed by atoms with Crippen molar-refractivity contribution in [3.63, 3.8) is 0 Å². The van der Waals surface area contributed by atoms with Crippen molar-refractivity contribution in [1.29, 1.82) is 0 Å². The quantitative estimate of drug-likeness (QED) is 0.657. The molecule has 0 unspecified atom stereocenters. The number of pyridine rings is 1. The van der Waals surface area contributed by atoms with Crippen molar-refractivity contribution in [2.24, 2.45) is 28.6 Å². The third-order valence-corrected chi connectivity index (χ3v) is 8.93. The van der Waals surface area contributed by atoms with E-state index in [9.17, 15) is 4.79 Å². The van der Waals surface area contributed by atoms with Crippen LogP contribution in [0.2, 0.25) is 0 Å². The van der Waals surface area contributed by atoms with Gasteiger partial charge in [0.15, 0.2) is 0 Å². The first-order chi connectivity index (χ1) is 12.5. The van der Waals surface area contributed by atoms with Crippen LogP contribution in [0.1, 0.15) is 79.3 Å². The van der Waals surface area contributed by atoms with Crippen molar-refractivity contribution in [3.8, 4) is 0 Å². The Bertz CT molecular complexity index is 740. The maximum absolute atomic E-state index is 13.3. The Morgan fingerprint density at radius 2 is 1.93 bits per heavy atom. The van der Waals surface area contributed by atoms with Crippen molar-refractivity contribution in [2.45, 2.75) is 84.7 Å². The van der Waals surface area contributed by atoms with Gasteiger partial charge < -0.3 is 4.74 Å². The van der Waals surface area contributed by atoms with E-state index in [2.05, 4.69) is 32.7 Å². The molecule has 1 aromatic rings. The molecule has 2 bridgehead atoms. The first-order valence-electron chi connectivity index (χ1n) is 10.7. The van der Waals surface area contributed by atoms with Gasteiger partial charge in [0.25, 0.3) is 0 Å². The molecule has 0 aromatic carbocycles. The monoisotopic (exact) mass is 369 g/mol. The third-order valence-electron chi connectivity index (χ3n) is 8.93. The third kappa shape index (κ3) is 2.46. The van der Waals surface area contributed by atoms with Crippen molar-refractivity contribution in [2.75, 3.05) is 0 Å². The minimum absolute atomic E-state index is 0.126. The van der Waals surface area contributed by atoms with Crippen LogP contribution in [0.4, 0.5) is 0 Å². The summed E-state index contributed by atoms with van der Waals surface area (Å²) in [6.07, 6.45) is 7.62. The number of fused-ring (bicyclic) bond motifs is 1. The van der Waals surface area contributed by atoms with Crippen LogP contribution in [-0.2, 0) is 14.9 Å². The average Bonchev–Trinajstić information content (AvgIpc) is 3.00. The lowest BCUT2D eigenvalue weighted by atomic mass is 9.63. The van der Waals surface area contributed by atoms with Crippen LogP contribution >= 0.6 is 0 Å². The highest BCUT2D eigenvalue weighted by atomic mass is 16.6. The molecule has 0 N–H and O–H groups in total. The standard InChI is InChI=1S/C24H35NO2/c1-16-10-13-24-15-17(16)21(2,3)18(24)11-12-23(24,6)27-20(26)22(4,5)19-9-7-8-14-25-19/h7-9,14,16-18H,10-13,15H2,1-6H3/t16-,17+,18+,23-,24+/m1/s1. The highest BCUT2D eigenvalue weighted by Crippen LogP contribution is 2.74. The van der Waals surface area contributed by atoms with Crippen molar-refractivity contribution in [1.82, 2.24) is 4.98 Å². The molecule has 0 saturated heterocycles. The number of esters is 1. The van der Waals surface area contributed by atoms with Crippen molar-refractivity contribution in [3.05, 3.63) is 30.1 Å². The summed E-state index contributed by atoms with van der Waals surface area (Å²) in [6, 6.07) is 5.75. The van der Waals surface area contributed by atoms with Crippen LogP contribution in [0.3, 0.4) is 0 Å². The molecule has 3 aliphatic carbocycles. The number of rotatable bonds is 3. The van der Waals surface area contributed by atoms with Crippen LogP contribution in [0.5, 0.6) is 0 Å². The Morgan fingerprint density at radius 3 is 2.59 bits per heavy atom. The molecule has 1 spiro atoms. The van der Waals surface area contributed by atoms with Crippen LogP contribution in [0.25, 0.3) is 0 Å². The van der Waals surface area contributed by atoms with Crippen LogP contribution < -0.4 is 0 Å². The second-order valence-electron chi connectivity index (χ2n) is 10.9. The number of carbonyl (C=O) groups is 1. The van der Waals surface area contributed by atoms with Crippen molar-refractivity contribution < 1.29 is 9.53 Å². The lowest BCUT2D eigenvalue weighted by molar-refractivity contribution is -0.180. The smallest absolute Gasteiger partial charge is 0.318 e. The lowest BCUT2D eigenvalue weighted by Crippen LogP contribution is -2.50. The Hall–Kier alpha value is -1.38. The van der Waals surface area contributed by atoms with Gasteiger partial charge in [-0.3, -0.25) is 9.78 Å². The van der Waals surface area contributed by atoms with E-state index in [4.69, 9.17) is 4.74 Å². The fraction of sp³-hybridized carbons (Fsp3) is 0.750. The van der Waals surface area contributed by atoms with Gasteiger partial charge in [-0.25, -0.2) is 0 Å². The van der Waals surface area contributed by atoms with Gasteiger partial charge in [0.1, 0.15) is 11.0 Å². The van der Waals surface area contributed by atoms with Crippen LogP contribution in [0.15, 0.2) is 24.4 Å². The van der Waals surface area contributed by atoms with Gasteiger partial charge in [-0.1, -0.05) is 26.8 Å². The first kappa shape index (κ1) is 19.0. The van der Waals surface area contributed by atoms with Crippen LogP contribution in [-0.4, -0.2) is 16.6 Å². The molecule has 0 aliphatic heterocycles. The number of ether oxygens (including phenoxy) is 1. The molecule has 3 aliphatic rings. The molecule has 5 atom stereocenters. The maximum Gasteiger partial charge on any atom is 0.318 e. The van der Waals surface area contributed by atoms with Crippen molar-refractivity contribution >= 4 is 5.97 Å². The van der Waals surface area contributed by atoms with E-state index in [0.717, 1.165) is 24.0 Å². The second kappa shape index (κ2) is 5.81. The van der Waals surface area contributed by atoms with Gasteiger partial charge >= 0.3 is 5.97 Å². The summed E-state index contributed by atoms with van der Waals surface area (Å²) in [5.41, 5.74) is 0.203. The highest BCUT2D eigenvalue weighted by Gasteiger charge is 2.71. The fourth-order valence-corrected chi connectivity index (χ4v) is 7.15. The first-order valence-corrected chi connectivity index (χ1v) is 10.7. The molecule has 1 aromatic heterocycles. The largest absolute Gasteiger partial charge is 0.458 e. The summed E-state index contributed by atoms with van der Waals surface area (Å²) >= 11 is 0. The normalized spacial score (nSPS) is 39.9. The zero-order valence-corrected chi connectivity index (χ0v) is 17.8. The van der Waals surface area contributed by atoms with E-state index in [-0.39, 0.29) is 17.0 Å². The lowest BCUT2D eigenvalue weighted by Gasteiger charge is -2.47. The number of nitrogens with zero attached hydrogens (tertiary/aromatic N) is 1. The topological polar surface area (TPSA) is 39.2 Å². The SMILES string of the molecule is C[C@@H]1CC[C@]23C[C@@H]1C(C)(C)[C@@H]2CC[C@@]3(C)OC(=O)C(C)(C)c1ccccn1. The van der Waals surface area contributed by atoms with Gasteiger partial charge in [0.2, 0.25) is 0 Å². The number of hydrogen-bond acceptors (Lipinski definition) is 3. The molecule has 27 heavy (non-hydrogen) atoms. The van der Waals surface area contributed by atoms with E-state index >= 15 is 0 Å². The molecule has 3 heteroatoms. The minimum Gasteiger partial charge on any atom is -0.458 e. The molecular weight excluding hydrogens is 334 g/mol. The zero-order chi connectivity index (χ0) is 19.7. The summed E-state index contributed by atoms with van der Waals surface area (Å²) in [6.45, 7) is 13.5. The summed E-state index contributed by atoms with van der Waals surface area (Å²) in [5, 5.41) is 0. The molecule has 1 heterocycles. The number of aromatic nitrogens is 1. The van der Waals surface area contributed by atoms with Gasteiger partial charge in [-0.15, -0.1) is 0 Å². The highest BCUT2D eigenvalue weighted by molar-refractivity contribution is 5.82. The van der Waals surface area contributed by atoms with Gasteiger partial charge in [0.05, 0.1) is 5.69 Å². The second-order valence-corrected chi connectivity index (χ2v) is 10.9. The molecule has 3 nitrogen and oxygen atoms in total. The van der Waals surface area contributed by atoms with E-state index in [0.29, 0.717) is 11.3 Å². The Kier molecular flexibility index (Phi) is 4.08. The van der Waals surface area contributed by atoms with Crippen LogP contribution in [0, 0.1) is 28.6 Å². The van der Waals surface area contributed by atoms with Gasteiger partial charge in [0, 0.05) is 11.6 Å². The van der Waals surface area contributed by atoms with Gasteiger partial charge in [-0.2, -0.15) is 0 Å². The number of carbonyl (C=O) groups excluding carboxylic acids is 1. The Morgan fingerprint density at radius 1 is 1.19 bits per heavy atom. The van der Waals surface area contributed by atoms with E-state index < -0.39 is 5.41 Å². The van der Waals surface area contributed by atoms with E-state index in [1.165, 1.54) is 25.7 Å². The maximum atomic E-state index is 13.3. The zero-order valence-electron chi connectivity index (χ0n) is 17.8. The Balaban J connectivity index is 1.64. The predicted octanol–water partition coefficient (Wildman–Crippen LogP) is 5.53. The molecular formula is C24H35NO2.